The Morgan fingerprint density at radius 1 is 1.04 bits per heavy atom. The first-order chi connectivity index (χ1) is 10.7. The van der Waals surface area contributed by atoms with Crippen LogP contribution in [0.3, 0.4) is 0 Å². The van der Waals surface area contributed by atoms with Crippen LogP contribution in [0.25, 0.3) is 0 Å². The summed E-state index contributed by atoms with van der Waals surface area (Å²) in [7, 11) is 0. The van der Waals surface area contributed by atoms with Gasteiger partial charge in [-0.05, 0) is 54.5 Å². The molecule has 0 saturated carbocycles. The molecular weight excluding hydrogens is 323 g/mol. The SMILES string of the molecule is CC(C)(C)OC(=O)N(C(=O)OC(C)(C)C)[C@H](C(=O)O)C(F)CCN. The van der Waals surface area contributed by atoms with E-state index in [4.69, 9.17) is 15.2 Å². The lowest BCUT2D eigenvalue weighted by Crippen LogP contribution is -2.55. The highest BCUT2D eigenvalue weighted by atomic mass is 19.1. The molecule has 0 aliphatic heterocycles. The molecule has 0 bridgehead atoms. The maximum absolute atomic E-state index is 14.2. The fourth-order valence-electron chi connectivity index (χ4n) is 1.67. The van der Waals surface area contributed by atoms with Gasteiger partial charge in [-0.25, -0.2) is 18.8 Å². The summed E-state index contributed by atoms with van der Waals surface area (Å²) in [5.74, 6) is -1.70. The van der Waals surface area contributed by atoms with Crippen molar-refractivity contribution in [3.8, 4) is 0 Å². The topological polar surface area (TPSA) is 119 Å². The standard InChI is InChI=1S/C15H27FN2O6/c1-14(2,3)23-12(21)18(13(22)24-15(4,5)6)10(11(19)20)9(16)7-8-17/h9-10H,7-8,17H2,1-6H3,(H,19,20)/t9?,10-/m0/s1. The third-order valence-electron chi connectivity index (χ3n) is 2.50. The lowest BCUT2D eigenvalue weighted by molar-refractivity contribution is -0.145. The fraction of sp³-hybridized carbons (Fsp3) is 0.800. The summed E-state index contributed by atoms with van der Waals surface area (Å²) in [5, 5.41) is 9.30. The van der Waals surface area contributed by atoms with E-state index < -0.39 is 41.6 Å². The molecule has 8 nitrogen and oxygen atoms in total. The number of alkyl halides is 1. The second-order valence-corrected chi connectivity index (χ2v) is 7.21. The first-order valence-corrected chi connectivity index (χ1v) is 7.51. The number of nitrogens with two attached hydrogens (primary N) is 1. The van der Waals surface area contributed by atoms with E-state index in [0.717, 1.165) is 0 Å². The summed E-state index contributed by atoms with van der Waals surface area (Å²) in [5.41, 5.74) is 3.21. The maximum atomic E-state index is 14.2. The van der Waals surface area contributed by atoms with Crippen molar-refractivity contribution >= 4 is 18.2 Å². The highest BCUT2D eigenvalue weighted by molar-refractivity contribution is 5.94. The van der Waals surface area contributed by atoms with Gasteiger partial charge < -0.3 is 20.3 Å². The summed E-state index contributed by atoms with van der Waals surface area (Å²) in [6, 6.07) is -2.10. The number of carboxylic acid groups (broad SMARTS) is 1. The lowest BCUT2D eigenvalue weighted by Gasteiger charge is -2.32. The van der Waals surface area contributed by atoms with Crippen molar-refractivity contribution in [3.63, 3.8) is 0 Å². The number of hydrogen-bond acceptors (Lipinski definition) is 6. The van der Waals surface area contributed by atoms with Crippen molar-refractivity contribution in [2.45, 2.75) is 71.4 Å². The van der Waals surface area contributed by atoms with Crippen LogP contribution >= 0.6 is 0 Å². The highest BCUT2D eigenvalue weighted by Crippen LogP contribution is 2.20. The van der Waals surface area contributed by atoms with E-state index in [9.17, 15) is 23.9 Å². The van der Waals surface area contributed by atoms with Gasteiger partial charge in [-0.15, -0.1) is 0 Å². The number of carbonyl (C=O) groups excluding carboxylic acids is 2. The lowest BCUT2D eigenvalue weighted by atomic mass is 10.1. The van der Waals surface area contributed by atoms with Crippen LogP contribution in [-0.2, 0) is 14.3 Å². The van der Waals surface area contributed by atoms with E-state index in [2.05, 4.69) is 0 Å². The molecule has 0 fully saturated rings. The summed E-state index contributed by atoms with van der Waals surface area (Å²) >= 11 is 0. The Morgan fingerprint density at radius 2 is 1.42 bits per heavy atom. The minimum atomic E-state index is -2.10. The Hall–Kier alpha value is -1.90. The van der Waals surface area contributed by atoms with Crippen LogP contribution < -0.4 is 5.73 Å². The Balaban J connectivity index is 5.76. The molecule has 0 aromatic heterocycles. The van der Waals surface area contributed by atoms with Gasteiger partial charge in [-0.1, -0.05) is 0 Å². The zero-order valence-electron chi connectivity index (χ0n) is 15.0. The van der Waals surface area contributed by atoms with Gasteiger partial charge in [0.1, 0.15) is 17.4 Å². The second-order valence-electron chi connectivity index (χ2n) is 7.21. The largest absolute Gasteiger partial charge is 0.480 e. The smallest absolute Gasteiger partial charge is 0.420 e. The molecule has 0 aliphatic carbocycles. The molecule has 0 saturated heterocycles. The van der Waals surface area contributed by atoms with E-state index in [1.54, 1.807) is 0 Å². The zero-order chi connectivity index (χ0) is 19.3. The molecule has 0 aliphatic rings. The van der Waals surface area contributed by atoms with Gasteiger partial charge in [-0.2, -0.15) is 4.90 Å². The molecule has 24 heavy (non-hydrogen) atoms. The van der Waals surface area contributed by atoms with E-state index in [1.807, 2.05) is 0 Å². The van der Waals surface area contributed by atoms with Crippen molar-refractivity contribution in [1.82, 2.24) is 4.90 Å². The minimum Gasteiger partial charge on any atom is -0.480 e. The number of aliphatic carboxylic acids is 1. The molecule has 1 unspecified atom stereocenters. The van der Waals surface area contributed by atoms with Crippen molar-refractivity contribution in [2.24, 2.45) is 5.73 Å². The van der Waals surface area contributed by atoms with Crippen LogP contribution in [0.4, 0.5) is 14.0 Å². The predicted octanol–water partition coefficient (Wildman–Crippen LogP) is 2.30. The second kappa shape index (κ2) is 8.27. The minimum absolute atomic E-state index is 0.151. The monoisotopic (exact) mass is 350 g/mol. The van der Waals surface area contributed by atoms with Gasteiger partial charge in [0, 0.05) is 0 Å². The molecule has 9 heteroatoms. The molecule has 0 aromatic rings. The van der Waals surface area contributed by atoms with E-state index in [-0.39, 0.29) is 17.9 Å². The first kappa shape index (κ1) is 22.1. The number of carboxylic acids is 1. The van der Waals surface area contributed by atoms with Gasteiger partial charge in [0.05, 0.1) is 0 Å². The molecule has 2 amide bonds. The van der Waals surface area contributed by atoms with E-state index >= 15 is 0 Å². The normalized spacial score (nSPS) is 14.5. The van der Waals surface area contributed by atoms with E-state index in [0.29, 0.717) is 0 Å². The zero-order valence-corrected chi connectivity index (χ0v) is 15.0. The molecule has 3 N–H and O–H groups in total. The van der Waals surface area contributed by atoms with Crippen LogP contribution in [0.5, 0.6) is 0 Å². The average molecular weight is 350 g/mol. The number of halogens is 1. The van der Waals surface area contributed by atoms with Gasteiger partial charge >= 0.3 is 18.2 Å². The van der Waals surface area contributed by atoms with Crippen LogP contribution in [-0.4, -0.2) is 58.1 Å². The molecule has 0 aromatic carbocycles. The number of amides is 2. The highest BCUT2D eigenvalue weighted by Gasteiger charge is 2.44. The Kier molecular flexibility index (Phi) is 7.62. The molecule has 140 valence electrons. The Morgan fingerprint density at radius 3 is 1.67 bits per heavy atom. The third kappa shape index (κ3) is 7.58. The van der Waals surface area contributed by atoms with Gasteiger partial charge in [-0.3, -0.25) is 0 Å². The quantitative estimate of drug-likeness (QED) is 0.780. The number of imide groups is 1. The number of rotatable bonds is 5. The summed E-state index contributed by atoms with van der Waals surface area (Å²) in [6.07, 6.45) is -5.01. The van der Waals surface area contributed by atoms with Crippen LogP contribution in [0.2, 0.25) is 0 Å². The molecular formula is C15H27FN2O6. The van der Waals surface area contributed by atoms with Crippen LogP contribution in [0, 0.1) is 0 Å². The molecule has 2 atom stereocenters. The third-order valence-corrected chi connectivity index (χ3v) is 2.50. The molecule has 0 rings (SSSR count). The molecule has 0 radical (unpaired) electrons. The number of ether oxygens (including phenoxy) is 2. The summed E-state index contributed by atoms with van der Waals surface area (Å²) in [6.45, 7) is 9.02. The van der Waals surface area contributed by atoms with Crippen molar-refractivity contribution in [1.29, 1.82) is 0 Å². The maximum Gasteiger partial charge on any atom is 0.420 e. The summed E-state index contributed by atoms with van der Waals surface area (Å²) < 4.78 is 24.3. The van der Waals surface area contributed by atoms with Crippen molar-refractivity contribution in [2.75, 3.05) is 6.54 Å². The number of nitrogens with zero attached hydrogens (tertiary/aromatic N) is 1. The number of carbonyl (C=O) groups is 3. The summed E-state index contributed by atoms with van der Waals surface area (Å²) in [4.78, 5) is 36.2. The molecule has 0 spiro atoms. The first-order valence-electron chi connectivity index (χ1n) is 7.51. The molecule has 0 heterocycles. The fourth-order valence-corrected chi connectivity index (χ4v) is 1.67. The number of hydrogen-bond donors (Lipinski definition) is 2. The average Bonchev–Trinajstić information content (AvgIpc) is 2.30. The van der Waals surface area contributed by atoms with Crippen molar-refractivity contribution in [3.05, 3.63) is 0 Å². The van der Waals surface area contributed by atoms with Gasteiger partial charge in [0.25, 0.3) is 0 Å². The van der Waals surface area contributed by atoms with Gasteiger partial charge in [0.2, 0.25) is 0 Å². The van der Waals surface area contributed by atoms with Gasteiger partial charge in [0.15, 0.2) is 6.04 Å². The Labute approximate surface area is 141 Å². The van der Waals surface area contributed by atoms with Crippen LogP contribution in [0.15, 0.2) is 0 Å². The predicted molar refractivity (Wildman–Crippen MR) is 84.3 cm³/mol. The Bertz CT molecular complexity index is 442. The van der Waals surface area contributed by atoms with Crippen LogP contribution in [0.1, 0.15) is 48.0 Å². The van der Waals surface area contributed by atoms with Crippen molar-refractivity contribution < 1.29 is 33.4 Å². The van der Waals surface area contributed by atoms with E-state index in [1.165, 1.54) is 41.5 Å².